The predicted octanol–water partition coefficient (Wildman–Crippen LogP) is 3.48. The molecule has 1 aliphatic heterocycles. The Morgan fingerprint density at radius 1 is 1.00 bits per heavy atom. The monoisotopic (exact) mass is 399 g/mol. The van der Waals surface area contributed by atoms with Crippen molar-refractivity contribution in [1.29, 1.82) is 0 Å². The molecule has 2 atom stereocenters. The molecule has 2 aliphatic rings. The number of benzene rings is 1. The minimum absolute atomic E-state index is 0.0399. The summed E-state index contributed by atoms with van der Waals surface area (Å²) in [4.78, 5) is 28.1. The van der Waals surface area contributed by atoms with Gasteiger partial charge in [0.1, 0.15) is 0 Å². The van der Waals surface area contributed by atoms with Crippen molar-refractivity contribution in [2.45, 2.75) is 53.4 Å². The summed E-state index contributed by atoms with van der Waals surface area (Å²) < 4.78 is 0. The van der Waals surface area contributed by atoms with Gasteiger partial charge in [0.25, 0.3) is 0 Å². The van der Waals surface area contributed by atoms with Crippen molar-refractivity contribution < 1.29 is 9.59 Å². The maximum absolute atomic E-state index is 13.1. The lowest BCUT2D eigenvalue weighted by molar-refractivity contribution is -0.130. The number of amides is 2. The number of aryl methyl sites for hydroxylation is 2. The fraction of sp³-hybridized carbons (Fsp3) is 0.667. The molecule has 29 heavy (non-hydrogen) atoms. The number of hydrogen-bond donors (Lipinski definition) is 2. The van der Waals surface area contributed by atoms with E-state index in [1.54, 1.807) is 0 Å². The highest BCUT2D eigenvalue weighted by molar-refractivity contribution is 5.93. The summed E-state index contributed by atoms with van der Waals surface area (Å²) in [6.07, 6.45) is 4.06. The van der Waals surface area contributed by atoms with E-state index < -0.39 is 0 Å². The van der Waals surface area contributed by atoms with Gasteiger partial charge >= 0.3 is 0 Å². The zero-order valence-corrected chi connectivity index (χ0v) is 18.5. The minimum atomic E-state index is -0.162. The highest BCUT2D eigenvalue weighted by Gasteiger charge is 2.35. The fourth-order valence-corrected chi connectivity index (χ4v) is 4.58. The van der Waals surface area contributed by atoms with Crippen LogP contribution in [0.4, 0.5) is 5.69 Å². The Labute approximate surface area is 175 Å². The Kier molecular flexibility index (Phi) is 7.33. The Bertz CT molecular complexity index is 729. The van der Waals surface area contributed by atoms with E-state index >= 15 is 0 Å². The van der Waals surface area contributed by atoms with Gasteiger partial charge in [-0.05, 0) is 60.8 Å². The third-order valence-electron chi connectivity index (χ3n) is 5.94. The van der Waals surface area contributed by atoms with E-state index in [-0.39, 0.29) is 23.7 Å². The van der Waals surface area contributed by atoms with E-state index in [0.29, 0.717) is 24.8 Å². The second-order valence-corrected chi connectivity index (χ2v) is 9.71. The molecule has 1 heterocycles. The van der Waals surface area contributed by atoms with Crippen molar-refractivity contribution in [3.8, 4) is 0 Å². The Balaban J connectivity index is 1.66. The molecule has 1 aliphatic carbocycles. The molecule has 0 radical (unpaired) electrons. The van der Waals surface area contributed by atoms with Crippen LogP contribution in [0.2, 0.25) is 0 Å². The number of hydrogen-bond acceptors (Lipinski definition) is 3. The van der Waals surface area contributed by atoms with Crippen molar-refractivity contribution in [2.75, 3.05) is 31.5 Å². The average Bonchev–Trinajstić information content (AvgIpc) is 3.13. The first-order chi connectivity index (χ1) is 13.8. The number of carbonyl (C=O) groups excluding carboxylic acids is 2. The van der Waals surface area contributed by atoms with Crippen molar-refractivity contribution in [3.05, 3.63) is 29.3 Å². The number of nitrogens with zero attached hydrogens (tertiary/aromatic N) is 1. The van der Waals surface area contributed by atoms with E-state index in [1.807, 2.05) is 6.07 Å². The van der Waals surface area contributed by atoms with Gasteiger partial charge in [0.2, 0.25) is 11.8 Å². The first kappa shape index (κ1) is 21.8. The molecule has 0 aromatic heterocycles. The van der Waals surface area contributed by atoms with Crippen LogP contribution in [0.1, 0.15) is 51.7 Å². The minimum Gasteiger partial charge on any atom is -0.356 e. The molecular formula is C24H37N3O2. The number of likely N-dealkylation sites (tertiary alicyclic amines) is 1. The second kappa shape index (κ2) is 9.75. The van der Waals surface area contributed by atoms with Crippen LogP contribution >= 0.6 is 0 Å². The van der Waals surface area contributed by atoms with Crippen LogP contribution in [-0.4, -0.2) is 42.9 Å². The van der Waals surface area contributed by atoms with Gasteiger partial charge in [0, 0.05) is 31.9 Å². The quantitative estimate of drug-likeness (QED) is 0.738. The number of fused-ring (bicyclic) bond motifs is 1. The van der Waals surface area contributed by atoms with Crippen LogP contribution in [-0.2, 0) is 22.4 Å². The summed E-state index contributed by atoms with van der Waals surface area (Å²) in [6.45, 7) is 11.6. The lowest BCUT2D eigenvalue weighted by Crippen LogP contribution is -2.50. The number of anilines is 1. The van der Waals surface area contributed by atoms with E-state index in [0.717, 1.165) is 38.2 Å². The Morgan fingerprint density at radius 2 is 1.69 bits per heavy atom. The molecule has 5 nitrogen and oxygen atoms in total. The van der Waals surface area contributed by atoms with Gasteiger partial charge in [-0.25, -0.2) is 0 Å². The summed E-state index contributed by atoms with van der Waals surface area (Å²) in [5, 5.41) is 6.19. The van der Waals surface area contributed by atoms with Gasteiger partial charge in [-0.2, -0.15) is 0 Å². The average molecular weight is 400 g/mol. The largest absolute Gasteiger partial charge is 0.356 e. The molecule has 2 amide bonds. The molecule has 2 N–H and O–H groups in total. The number of piperidine rings is 1. The van der Waals surface area contributed by atoms with Crippen LogP contribution in [0.5, 0.6) is 0 Å². The molecule has 3 rings (SSSR count). The molecule has 5 heteroatoms. The summed E-state index contributed by atoms with van der Waals surface area (Å²) in [5.74, 6) is 0.768. The summed E-state index contributed by atoms with van der Waals surface area (Å²) >= 11 is 0. The molecule has 0 saturated carbocycles. The molecule has 1 aromatic carbocycles. The highest BCUT2D eigenvalue weighted by Crippen LogP contribution is 2.27. The SMILES string of the molecule is CC(C)CNC(=O)[C@H]1C[C@@H](C(=O)Nc2ccc3c(c2)CCC3)CN(CC(C)C)C1. The van der Waals surface area contributed by atoms with Crippen LogP contribution in [0.25, 0.3) is 0 Å². The molecule has 160 valence electrons. The van der Waals surface area contributed by atoms with Crippen LogP contribution in [0, 0.1) is 23.7 Å². The van der Waals surface area contributed by atoms with Crippen molar-refractivity contribution in [3.63, 3.8) is 0 Å². The molecule has 1 saturated heterocycles. The van der Waals surface area contributed by atoms with Crippen LogP contribution < -0.4 is 10.6 Å². The summed E-state index contributed by atoms with van der Waals surface area (Å²) in [6, 6.07) is 6.29. The Hall–Kier alpha value is -1.88. The molecule has 0 bridgehead atoms. The summed E-state index contributed by atoms with van der Waals surface area (Å²) in [5.41, 5.74) is 3.65. The lowest BCUT2D eigenvalue weighted by Gasteiger charge is -2.37. The maximum Gasteiger partial charge on any atom is 0.228 e. The highest BCUT2D eigenvalue weighted by atomic mass is 16.2. The van der Waals surface area contributed by atoms with Gasteiger partial charge in [0.15, 0.2) is 0 Å². The zero-order valence-electron chi connectivity index (χ0n) is 18.5. The first-order valence-electron chi connectivity index (χ1n) is 11.2. The van der Waals surface area contributed by atoms with Gasteiger partial charge in [-0.1, -0.05) is 33.8 Å². The Morgan fingerprint density at radius 3 is 2.38 bits per heavy atom. The number of nitrogens with one attached hydrogen (secondary N) is 2. The lowest BCUT2D eigenvalue weighted by atomic mass is 9.87. The van der Waals surface area contributed by atoms with Gasteiger partial charge in [-0.3, -0.25) is 9.59 Å². The standard InChI is InChI=1S/C24H37N3O2/c1-16(2)12-25-23(28)20-10-21(15-27(14-20)13-17(3)4)24(29)26-22-9-8-18-6-5-7-19(18)11-22/h8-9,11,16-17,20-21H,5-7,10,12-15H2,1-4H3,(H,25,28)(H,26,29)/t20-,21+/m0/s1. The topological polar surface area (TPSA) is 61.4 Å². The summed E-state index contributed by atoms with van der Waals surface area (Å²) in [7, 11) is 0. The first-order valence-corrected chi connectivity index (χ1v) is 11.2. The van der Waals surface area contributed by atoms with Crippen LogP contribution in [0.15, 0.2) is 18.2 Å². The number of rotatable bonds is 7. The zero-order chi connectivity index (χ0) is 21.0. The van der Waals surface area contributed by atoms with Gasteiger partial charge in [-0.15, -0.1) is 0 Å². The van der Waals surface area contributed by atoms with Crippen LogP contribution in [0.3, 0.4) is 0 Å². The molecule has 1 fully saturated rings. The van der Waals surface area contributed by atoms with Crippen molar-refractivity contribution in [2.24, 2.45) is 23.7 Å². The third kappa shape index (κ3) is 6.05. The van der Waals surface area contributed by atoms with Crippen molar-refractivity contribution >= 4 is 17.5 Å². The van der Waals surface area contributed by atoms with E-state index in [9.17, 15) is 9.59 Å². The van der Waals surface area contributed by atoms with E-state index in [1.165, 1.54) is 17.5 Å². The second-order valence-electron chi connectivity index (χ2n) is 9.71. The molecule has 1 aromatic rings. The predicted molar refractivity (Wildman–Crippen MR) is 118 cm³/mol. The van der Waals surface area contributed by atoms with Gasteiger partial charge in [0.05, 0.1) is 11.8 Å². The van der Waals surface area contributed by atoms with Gasteiger partial charge < -0.3 is 15.5 Å². The maximum atomic E-state index is 13.1. The van der Waals surface area contributed by atoms with E-state index in [4.69, 9.17) is 0 Å². The molecule has 0 unspecified atom stereocenters. The number of carbonyl (C=O) groups is 2. The molecular weight excluding hydrogens is 362 g/mol. The molecule has 0 spiro atoms. The smallest absolute Gasteiger partial charge is 0.228 e. The van der Waals surface area contributed by atoms with Crippen molar-refractivity contribution in [1.82, 2.24) is 10.2 Å². The normalized spacial score (nSPS) is 22.0. The third-order valence-corrected chi connectivity index (χ3v) is 5.94. The fourth-order valence-electron chi connectivity index (χ4n) is 4.58. The van der Waals surface area contributed by atoms with E-state index in [2.05, 4.69) is 55.4 Å².